The Morgan fingerprint density at radius 1 is 1.04 bits per heavy atom. The van der Waals surface area contributed by atoms with E-state index in [9.17, 15) is 4.79 Å². The Labute approximate surface area is 161 Å². The smallest absolute Gasteiger partial charge is 0.251 e. The average Bonchev–Trinajstić information content (AvgIpc) is 3.22. The number of amides is 1. The number of carbonyl (C=O) groups excluding carboxylic acids is 1. The van der Waals surface area contributed by atoms with Gasteiger partial charge in [0.15, 0.2) is 11.5 Å². The fraction of sp³-hybridized carbons (Fsp3) is 0.263. The molecule has 1 amide bonds. The number of nitrogens with zero attached hydrogens (tertiary/aromatic N) is 3. The van der Waals surface area contributed by atoms with Crippen molar-refractivity contribution in [3.05, 3.63) is 48.1 Å². The molecular formula is C19H20N4O5. The van der Waals surface area contributed by atoms with E-state index in [1.807, 2.05) is 0 Å². The van der Waals surface area contributed by atoms with E-state index in [-0.39, 0.29) is 5.91 Å². The van der Waals surface area contributed by atoms with Crippen molar-refractivity contribution < 1.29 is 23.4 Å². The summed E-state index contributed by atoms with van der Waals surface area (Å²) < 4.78 is 21.4. The van der Waals surface area contributed by atoms with E-state index in [0.29, 0.717) is 47.6 Å². The minimum Gasteiger partial charge on any atom is -0.493 e. The summed E-state index contributed by atoms with van der Waals surface area (Å²) in [5, 5.41) is 10.8. The lowest BCUT2D eigenvalue weighted by Crippen LogP contribution is -2.25. The zero-order valence-corrected chi connectivity index (χ0v) is 15.8. The van der Waals surface area contributed by atoms with Crippen LogP contribution in [-0.4, -0.2) is 49.0 Å². The van der Waals surface area contributed by atoms with E-state index in [1.54, 1.807) is 36.7 Å². The third kappa shape index (κ3) is 4.20. The van der Waals surface area contributed by atoms with Gasteiger partial charge < -0.3 is 23.9 Å². The lowest BCUT2D eigenvalue weighted by Gasteiger charge is -2.14. The van der Waals surface area contributed by atoms with Gasteiger partial charge in [-0.15, -0.1) is 10.2 Å². The van der Waals surface area contributed by atoms with Gasteiger partial charge in [-0.1, -0.05) is 0 Å². The molecule has 2 heterocycles. The van der Waals surface area contributed by atoms with E-state index in [0.717, 1.165) is 5.56 Å². The van der Waals surface area contributed by atoms with Crippen LogP contribution in [0.4, 0.5) is 0 Å². The number of nitrogens with one attached hydrogen (secondary N) is 1. The topological polar surface area (TPSA) is 109 Å². The summed E-state index contributed by atoms with van der Waals surface area (Å²) in [6, 6.07) is 6.74. The lowest BCUT2D eigenvalue weighted by atomic mass is 10.1. The summed E-state index contributed by atoms with van der Waals surface area (Å²) in [6.07, 6.45) is 3.70. The van der Waals surface area contributed by atoms with Gasteiger partial charge in [0.1, 0.15) is 0 Å². The van der Waals surface area contributed by atoms with Gasteiger partial charge in [-0.05, 0) is 24.3 Å². The SMILES string of the molecule is COc1cc(C(=O)NCCc2nnc(-c3ccncc3)o2)cc(OC)c1OC. The summed E-state index contributed by atoms with van der Waals surface area (Å²) in [6.45, 7) is 0.327. The molecule has 0 atom stereocenters. The van der Waals surface area contributed by atoms with Crippen molar-refractivity contribution in [2.24, 2.45) is 0 Å². The molecule has 0 saturated heterocycles. The number of methoxy groups -OCH3 is 3. The van der Waals surface area contributed by atoms with Gasteiger partial charge in [-0.2, -0.15) is 0 Å². The molecule has 0 saturated carbocycles. The monoisotopic (exact) mass is 384 g/mol. The van der Waals surface area contributed by atoms with Crippen LogP contribution in [0, 0.1) is 0 Å². The van der Waals surface area contributed by atoms with Gasteiger partial charge in [-0.3, -0.25) is 9.78 Å². The van der Waals surface area contributed by atoms with Crippen molar-refractivity contribution in [1.82, 2.24) is 20.5 Å². The van der Waals surface area contributed by atoms with Gasteiger partial charge in [0.05, 0.1) is 21.3 Å². The molecule has 9 nitrogen and oxygen atoms in total. The van der Waals surface area contributed by atoms with E-state index in [4.69, 9.17) is 18.6 Å². The Bertz CT molecular complexity index is 918. The third-order valence-corrected chi connectivity index (χ3v) is 3.95. The van der Waals surface area contributed by atoms with Crippen LogP contribution in [0.1, 0.15) is 16.2 Å². The quantitative estimate of drug-likeness (QED) is 0.629. The van der Waals surface area contributed by atoms with Gasteiger partial charge >= 0.3 is 0 Å². The van der Waals surface area contributed by atoms with Crippen molar-refractivity contribution in [3.8, 4) is 28.7 Å². The number of hydrogen-bond donors (Lipinski definition) is 1. The van der Waals surface area contributed by atoms with Crippen molar-refractivity contribution in [2.75, 3.05) is 27.9 Å². The number of aromatic nitrogens is 3. The Kier molecular flexibility index (Phi) is 6.05. The summed E-state index contributed by atoms with van der Waals surface area (Å²) in [5.74, 6) is 1.80. The Morgan fingerprint density at radius 2 is 1.71 bits per heavy atom. The van der Waals surface area contributed by atoms with E-state index >= 15 is 0 Å². The molecule has 0 spiro atoms. The zero-order chi connectivity index (χ0) is 19.9. The van der Waals surface area contributed by atoms with Crippen molar-refractivity contribution in [1.29, 1.82) is 0 Å². The van der Waals surface area contributed by atoms with Crippen molar-refractivity contribution in [3.63, 3.8) is 0 Å². The van der Waals surface area contributed by atoms with Crippen LogP contribution in [0.3, 0.4) is 0 Å². The molecule has 2 aromatic heterocycles. The summed E-state index contributed by atoms with van der Waals surface area (Å²) in [5.41, 5.74) is 1.17. The zero-order valence-electron chi connectivity index (χ0n) is 15.8. The Balaban J connectivity index is 1.63. The molecule has 0 unspecified atom stereocenters. The van der Waals surface area contributed by atoms with E-state index in [2.05, 4.69) is 20.5 Å². The van der Waals surface area contributed by atoms with Crippen molar-refractivity contribution >= 4 is 5.91 Å². The first kappa shape index (κ1) is 19.2. The second-order valence-electron chi connectivity index (χ2n) is 5.66. The maximum absolute atomic E-state index is 12.5. The third-order valence-electron chi connectivity index (χ3n) is 3.95. The molecule has 146 valence electrons. The van der Waals surface area contributed by atoms with Gasteiger partial charge in [-0.25, -0.2) is 0 Å². The predicted molar refractivity (Wildman–Crippen MR) is 99.7 cm³/mol. The standard InChI is InChI=1S/C19H20N4O5/c1-25-14-10-13(11-15(26-2)17(14)27-3)18(24)21-9-6-16-22-23-19(28-16)12-4-7-20-8-5-12/h4-5,7-8,10-11H,6,9H2,1-3H3,(H,21,24). The molecule has 3 aromatic rings. The number of carbonyl (C=O) groups is 1. The fourth-order valence-corrected chi connectivity index (χ4v) is 2.56. The average molecular weight is 384 g/mol. The highest BCUT2D eigenvalue weighted by Gasteiger charge is 2.17. The maximum Gasteiger partial charge on any atom is 0.251 e. The molecular weight excluding hydrogens is 364 g/mol. The highest BCUT2D eigenvalue weighted by Crippen LogP contribution is 2.38. The molecule has 0 bridgehead atoms. The lowest BCUT2D eigenvalue weighted by molar-refractivity contribution is 0.0952. The van der Waals surface area contributed by atoms with Crippen LogP contribution in [0.5, 0.6) is 17.2 Å². The first-order valence-electron chi connectivity index (χ1n) is 8.47. The van der Waals surface area contributed by atoms with Crippen LogP contribution < -0.4 is 19.5 Å². The Hall–Kier alpha value is -3.62. The molecule has 0 aliphatic carbocycles. The van der Waals surface area contributed by atoms with Gasteiger partial charge in [0, 0.05) is 36.5 Å². The molecule has 0 aliphatic rings. The van der Waals surface area contributed by atoms with E-state index in [1.165, 1.54) is 21.3 Å². The number of rotatable bonds is 8. The molecule has 9 heteroatoms. The first-order chi connectivity index (χ1) is 13.7. The van der Waals surface area contributed by atoms with Crippen LogP contribution >= 0.6 is 0 Å². The predicted octanol–water partition coefficient (Wildman–Crippen LogP) is 2.13. The summed E-state index contributed by atoms with van der Waals surface area (Å²) >= 11 is 0. The summed E-state index contributed by atoms with van der Waals surface area (Å²) in [4.78, 5) is 16.4. The molecule has 1 N–H and O–H groups in total. The first-order valence-corrected chi connectivity index (χ1v) is 8.47. The van der Waals surface area contributed by atoms with Gasteiger partial charge in [0.25, 0.3) is 5.91 Å². The highest BCUT2D eigenvalue weighted by molar-refractivity contribution is 5.95. The fourth-order valence-electron chi connectivity index (χ4n) is 2.56. The van der Waals surface area contributed by atoms with Crippen LogP contribution in [0.25, 0.3) is 11.5 Å². The van der Waals surface area contributed by atoms with Crippen LogP contribution in [0.2, 0.25) is 0 Å². The van der Waals surface area contributed by atoms with Gasteiger partial charge in [0.2, 0.25) is 17.5 Å². The second kappa shape index (κ2) is 8.85. The molecule has 0 fully saturated rings. The second-order valence-corrected chi connectivity index (χ2v) is 5.66. The molecule has 0 radical (unpaired) electrons. The molecule has 1 aromatic carbocycles. The number of benzene rings is 1. The van der Waals surface area contributed by atoms with E-state index < -0.39 is 0 Å². The number of ether oxygens (including phenoxy) is 3. The number of hydrogen-bond acceptors (Lipinski definition) is 8. The molecule has 0 aliphatic heterocycles. The number of pyridine rings is 1. The summed E-state index contributed by atoms with van der Waals surface area (Å²) in [7, 11) is 4.49. The normalized spacial score (nSPS) is 10.4. The highest BCUT2D eigenvalue weighted by atomic mass is 16.5. The minimum absolute atomic E-state index is 0.284. The largest absolute Gasteiger partial charge is 0.493 e. The van der Waals surface area contributed by atoms with Crippen molar-refractivity contribution in [2.45, 2.75) is 6.42 Å². The van der Waals surface area contributed by atoms with Crippen LogP contribution in [-0.2, 0) is 6.42 Å². The minimum atomic E-state index is -0.284. The van der Waals surface area contributed by atoms with Crippen LogP contribution in [0.15, 0.2) is 41.1 Å². The maximum atomic E-state index is 12.5. The molecule has 28 heavy (non-hydrogen) atoms. The Morgan fingerprint density at radius 3 is 2.32 bits per heavy atom. The molecule has 3 rings (SSSR count).